The Bertz CT molecular complexity index is 1260. The van der Waals surface area contributed by atoms with E-state index in [1.165, 1.54) is 5.69 Å². The van der Waals surface area contributed by atoms with E-state index < -0.39 is 0 Å². The van der Waals surface area contributed by atoms with Gasteiger partial charge in [-0.2, -0.15) is 0 Å². The third kappa shape index (κ3) is 5.83. The monoisotopic (exact) mass is 528 g/mol. The fraction of sp³-hybridized carbons (Fsp3) is 0.406. The Labute approximate surface area is 232 Å². The number of nitrogens with one attached hydrogen (secondary N) is 1. The Morgan fingerprint density at radius 3 is 2.38 bits per heavy atom. The summed E-state index contributed by atoms with van der Waals surface area (Å²) in [6.45, 7) is 8.83. The van der Waals surface area contributed by atoms with Crippen LogP contribution in [-0.4, -0.2) is 69.2 Å². The molecule has 0 aliphatic carbocycles. The summed E-state index contributed by atoms with van der Waals surface area (Å²) < 4.78 is 11.1. The zero-order valence-electron chi connectivity index (χ0n) is 23.4. The van der Waals surface area contributed by atoms with Crippen molar-refractivity contribution >= 4 is 17.3 Å². The number of likely N-dealkylation sites (N-methyl/N-ethyl adjacent to an activating group) is 1. The van der Waals surface area contributed by atoms with Gasteiger partial charge >= 0.3 is 0 Å². The number of benzene rings is 3. The van der Waals surface area contributed by atoms with Gasteiger partial charge in [0.15, 0.2) is 11.5 Å². The second-order valence-corrected chi connectivity index (χ2v) is 10.2. The van der Waals surface area contributed by atoms with Gasteiger partial charge in [-0.25, -0.2) is 0 Å². The molecule has 1 amide bonds. The van der Waals surface area contributed by atoms with Crippen molar-refractivity contribution in [3.63, 3.8) is 0 Å². The molecule has 2 aliphatic heterocycles. The number of carbonyl (C=O) groups is 1. The molecular formula is C32H40N4O3. The fourth-order valence-corrected chi connectivity index (χ4v) is 5.84. The Morgan fingerprint density at radius 2 is 1.67 bits per heavy atom. The molecule has 3 aromatic rings. The van der Waals surface area contributed by atoms with E-state index in [0.717, 1.165) is 74.5 Å². The predicted molar refractivity (Wildman–Crippen MR) is 157 cm³/mol. The Hall–Kier alpha value is -3.71. The van der Waals surface area contributed by atoms with E-state index in [4.69, 9.17) is 9.47 Å². The van der Waals surface area contributed by atoms with Gasteiger partial charge in [0.2, 0.25) is 0 Å². The number of ether oxygens (including phenoxy) is 2. The van der Waals surface area contributed by atoms with Crippen LogP contribution in [0.2, 0.25) is 0 Å². The Kier molecular flexibility index (Phi) is 8.57. The summed E-state index contributed by atoms with van der Waals surface area (Å²) in [6, 6.07) is 22.4. The van der Waals surface area contributed by atoms with Gasteiger partial charge in [0.05, 0.1) is 20.3 Å². The van der Waals surface area contributed by atoms with E-state index in [0.29, 0.717) is 18.0 Å². The summed E-state index contributed by atoms with van der Waals surface area (Å²) in [5, 5.41) is 3.51. The molecule has 1 saturated heterocycles. The first-order valence-electron chi connectivity index (χ1n) is 14.0. The molecule has 0 bridgehead atoms. The van der Waals surface area contributed by atoms with Crippen LogP contribution in [0.15, 0.2) is 66.7 Å². The zero-order chi connectivity index (χ0) is 27.2. The van der Waals surface area contributed by atoms with Gasteiger partial charge in [-0.15, -0.1) is 0 Å². The third-order valence-corrected chi connectivity index (χ3v) is 8.06. The lowest BCUT2D eigenvalue weighted by Crippen LogP contribution is -2.46. The average Bonchev–Trinajstić information content (AvgIpc) is 3.33. The number of hydrogen-bond donors (Lipinski definition) is 1. The number of nitrogens with zero attached hydrogens (tertiary/aromatic N) is 3. The van der Waals surface area contributed by atoms with Gasteiger partial charge in [0.1, 0.15) is 0 Å². The van der Waals surface area contributed by atoms with Crippen LogP contribution >= 0.6 is 0 Å². The standard InChI is InChI=1S/C32H40N4O3/c1-4-34-18-20-35(21-19-34)29-13-8-12-26-27(29)23-36(32(26)37)28(14-9-17-33-25-10-6-5-7-11-25)24-15-16-30(38-2)31(22-24)39-3/h5-8,10-13,15-16,22,28,33H,4,9,14,17-21,23H2,1-3H3. The summed E-state index contributed by atoms with van der Waals surface area (Å²) in [5.41, 5.74) is 5.36. The number of rotatable bonds is 11. The smallest absolute Gasteiger partial charge is 0.255 e. The van der Waals surface area contributed by atoms with Crippen molar-refractivity contribution in [3.05, 3.63) is 83.4 Å². The first-order valence-corrected chi connectivity index (χ1v) is 14.0. The summed E-state index contributed by atoms with van der Waals surface area (Å²) in [7, 11) is 3.30. The maximum Gasteiger partial charge on any atom is 0.255 e. The van der Waals surface area contributed by atoms with Crippen molar-refractivity contribution in [3.8, 4) is 11.5 Å². The van der Waals surface area contributed by atoms with E-state index in [2.05, 4.69) is 51.2 Å². The summed E-state index contributed by atoms with van der Waals surface area (Å²) in [4.78, 5) is 20.9. The number of anilines is 2. The largest absolute Gasteiger partial charge is 0.493 e. The highest BCUT2D eigenvalue weighted by molar-refractivity contribution is 6.00. The minimum absolute atomic E-state index is 0.0768. The van der Waals surface area contributed by atoms with Crippen molar-refractivity contribution in [1.82, 2.24) is 9.80 Å². The van der Waals surface area contributed by atoms with E-state index in [1.807, 2.05) is 42.5 Å². The topological polar surface area (TPSA) is 57.3 Å². The Morgan fingerprint density at radius 1 is 0.897 bits per heavy atom. The normalized spacial score (nSPS) is 16.2. The highest BCUT2D eigenvalue weighted by Crippen LogP contribution is 2.40. The van der Waals surface area contributed by atoms with Gasteiger partial charge in [-0.1, -0.05) is 37.3 Å². The van der Waals surface area contributed by atoms with Gasteiger partial charge in [-0.3, -0.25) is 4.79 Å². The lowest BCUT2D eigenvalue weighted by atomic mass is 9.99. The van der Waals surface area contributed by atoms with Crippen molar-refractivity contribution < 1.29 is 14.3 Å². The second kappa shape index (κ2) is 12.4. The molecule has 0 radical (unpaired) electrons. The molecule has 206 valence electrons. The van der Waals surface area contributed by atoms with Crippen molar-refractivity contribution in [2.24, 2.45) is 0 Å². The lowest BCUT2D eigenvalue weighted by molar-refractivity contribution is 0.0690. The van der Waals surface area contributed by atoms with Crippen LogP contribution < -0.4 is 19.7 Å². The number of amides is 1. The van der Waals surface area contributed by atoms with Gasteiger partial charge in [-0.05, 0) is 61.3 Å². The number of hydrogen-bond acceptors (Lipinski definition) is 6. The van der Waals surface area contributed by atoms with Crippen molar-refractivity contribution in [2.45, 2.75) is 32.4 Å². The van der Waals surface area contributed by atoms with Gasteiger partial charge in [0, 0.05) is 61.8 Å². The molecule has 39 heavy (non-hydrogen) atoms. The number of methoxy groups -OCH3 is 2. The molecule has 7 nitrogen and oxygen atoms in total. The molecule has 0 spiro atoms. The molecule has 2 aliphatic rings. The zero-order valence-corrected chi connectivity index (χ0v) is 23.4. The van der Waals surface area contributed by atoms with E-state index in [1.54, 1.807) is 14.2 Å². The Balaban J connectivity index is 1.39. The van der Waals surface area contributed by atoms with Gasteiger partial charge < -0.3 is 29.5 Å². The second-order valence-electron chi connectivity index (χ2n) is 10.2. The maximum atomic E-state index is 13.9. The number of carbonyl (C=O) groups excluding carboxylic acids is 1. The number of fused-ring (bicyclic) bond motifs is 1. The molecule has 1 N–H and O–H groups in total. The molecule has 7 heteroatoms. The van der Waals surface area contributed by atoms with Crippen LogP contribution in [0.4, 0.5) is 11.4 Å². The van der Waals surface area contributed by atoms with E-state index in [9.17, 15) is 4.79 Å². The highest BCUT2D eigenvalue weighted by Gasteiger charge is 2.36. The molecule has 1 unspecified atom stereocenters. The molecular weight excluding hydrogens is 488 g/mol. The molecule has 0 aromatic heterocycles. The lowest BCUT2D eigenvalue weighted by Gasteiger charge is -2.36. The molecule has 0 saturated carbocycles. The fourth-order valence-electron chi connectivity index (χ4n) is 5.84. The summed E-state index contributed by atoms with van der Waals surface area (Å²) >= 11 is 0. The van der Waals surface area contributed by atoms with Crippen molar-refractivity contribution in [1.29, 1.82) is 0 Å². The number of piperazine rings is 1. The third-order valence-electron chi connectivity index (χ3n) is 8.06. The van der Waals surface area contributed by atoms with Crippen molar-refractivity contribution in [2.75, 3.05) is 63.7 Å². The molecule has 1 fully saturated rings. The SMILES string of the molecule is CCN1CCN(c2cccc3c2CN(C(CCCNc2ccccc2)c2ccc(OC)c(OC)c2)C3=O)CC1. The molecule has 1 atom stereocenters. The minimum Gasteiger partial charge on any atom is -0.493 e. The summed E-state index contributed by atoms with van der Waals surface area (Å²) in [6.07, 6.45) is 1.75. The van der Waals surface area contributed by atoms with Crippen LogP contribution in [0.3, 0.4) is 0 Å². The first-order chi connectivity index (χ1) is 19.1. The number of para-hydroxylation sites is 1. The van der Waals surface area contributed by atoms with E-state index >= 15 is 0 Å². The minimum atomic E-state index is -0.0768. The van der Waals surface area contributed by atoms with Crippen LogP contribution in [0.1, 0.15) is 47.3 Å². The van der Waals surface area contributed by atoms with Crippen LogP contribution in [0.25, 0.3) is 0 Å². The molecule has 3 aromatic carbocycles. The highest BCUT2D eigenvalue weighted by atomic mass is 16.5. The maximum absolute atomic E-state index is 13.9. The van der Waals surface area contributed by atoms with E-state index in [-0.39, 0.29) is 11.9 Å². The average molecular weight is 529 g/mol. The predicted octanol–water partition coefficient (Wildman–Crippen LogP) is 5.44. The quantitative estimate of drug-likeness (QED) is 0.335. The molecule has 2 heterocycles. The molecule has 5 rings (SSSR count). The first kappa shape index (κ1) is 26.9. The van der Waals surface area contributed by atoms with Crippen LogP contribution in [0.5, 0.6) is 11.5 Å². The van der Waals surface area contributed by atoms with Crippen LogP contribution in [0, 0.1) is 0 Å². The summed E-state index contributed by atoms with van der Waals surface area (Å²) in [5.74, 6) is 1.48. The van der Waals surface area contributed by atoms with Gasteiger partial charge in [0.25, 0.3) is 5.91 Å². The van der Waals surface area contributed by atoms with Crippen LogP contribution in [-0.2, 0) is 6.54 Å².